The van der Waals surface area contributed by atoms with Gasteiger partial charge in [0.25, 0.3) is 0 Å². The van der Waals surface area contributed by atoms with Gasteiger partial charge in [-0.05, 0) is 22.3 Å². The van der Waals surface area contributed by atoms with Crippen LogP contribution in [0.2, 0.25) is 0 Å². The van der Waals surface area contributed by atoms with Gasteiger partial charge < -0.3 is 0 Å². The number of hydrogen-bond donors (Lipinski definition) is 0. The molecule has 0 saturated carbocycles. The fourth-order valence-electron chi connectivity index (χ4n) is 5.56. The number of benzene rings is 2. The highest BCUT2D eigenvalue weighted by Gasteiger charge is 2.29. The third-order valence-electron chi connectivity index (χ3n) is 8.11. The van der Waals surface area contributed by atoms with Crippen LogP contribution in [0.25, 0.3) is 22.3 Å². The van der Waals surface area contributed by atoms with E-state index < -0.39 is 34.4 Å². The molecule has 4 nitrogen and oxygen atoms in total. The van der Waals surface area contributed by atoms with Gasteiger partial charge in [0.1, 0.15) is 0 Å². The van der Waals surface area contributed by atoms with Crippen molar-refractivity contribution < 1.29 is 35.8 Å². The fourth-order valence-corrected chi connectivity index (χ4v) is 5.56. The van der Waals surface area contributed by atoms with Crippen LogP contribution in [0.1, 0.15) is 22.3 Å². The number of pyridine rings is 4. The Hall–Kier alpha value is -5.24. The van der Waals surface area contributed by atoms with E-state index in [0.717, 1.165) is 35.3 Å². The largest absolute Gasteiger partial charge is 0.203 e. The van der Waals surface area contributed by atoms with Gasteiger partial charge in [-0.25, -0.2) is 35.8 Å². The van der Waals surface area contributed by atoms with E-state index in [1.807, 2.05) is 49.1 Å². The monoisotopic (exact) mass is 592 g/mol. The Labute approximate surface area is 252 Å². The molecular formula is C36H28F4N4+4. The lowest BCUT2D eigenvalue weighted by Gasteiger charge is -2.09. The van der Waals surface area contributed by atoms with Crippen LogP contribution in [-0.2, 0) is 26.2 Å². The molecule has 22 rings (SSSR count). The zero-order chi connectivity index (χ0) is 30.2. The summed E-state index contributed by atoms with van der Waals surface area (Å²) in [4.78, 5) is 0. The average Bonchev–Trinajstić information content (AvgIpc) is 3.06. The Bertz CT molecular complexity index is 1780. The quantitative estimate of drug-likeness (QED) is 0.130. The number of nitrogens with zero attached hydrogens (tertiary/aromatic N) is 4. The molecule has 0 fully saturated rings. The maximum atomic E-state index is 15.1. The summed E-state index contributed by atoms with van der Waals surface area (Å²) in [5, 5.41) is 0. The second kappa shape index (κ2) is 11.4. The Morgan fingerprint density at radius 3 is 0.795 bits per heavy atom. The third kappa shape index (κ3) is 5.46. The maximum absolute atomic E-state index is 15.1. The first-order valence-corrected chi connectivity index (χ1v) is 14.3. The van der Waals surface area contributed by atoms with Crippen LogP contribution in [-0.4, -0.2) is 0 Å². The Morgan fingerprint density at radius 2 is 0.545 bits per heavy atom. The van der Waals surface area contributed by atoms with Gasteiger partial charge in [0.15, 0.2) is 99.0 Å². The molecule has 0 radical (unpaired) electrons. The van der Waals surface area contributed by atoms with E-state index >= 15 is 17.6 Å². The van der Waals surface area contributed by atoms with Gasteiger partial charge in [-0.2, -0.15) is 0 Å². The molecular weight excluding hydrogens is 564 g/mol. The topological polar surface area (TPSA) is 15.5 Å². The van der Waals surface area contributed by atoms with Crippen molar-refractivity contribution in [3.05, 3.63) is 168 Å². The molecule has 0 amide bonds. The molecule has 0 aliphatic carbocycles. The van der Waals surface area contributed by atoms with Gasteiger partial charge in [0, 0.05) is 59.7 Å². The normalized spacial score (nSPS) is 12.6. The molecule has 0 saturated heterocycles. The van der Waals surface area contributed by atoms with Crippen molar-refractivity contribution >= 4 is 0 Å². The molecule has 12 bridgehead atoms. The Balaban J connectivity index is 1.26. The Kier molecular flexibility index (Phi) is 7.18. The summed E-state index contributed by atoms with van der Waals surface area (Å²) in [6.45, 7) is 0.714. The van der Waals surface area contributed by atoms with Gasteiger partial charge in [-0.1, -0.05) is 24.3 Å². The van der Waals surface area contributed by atoms with Crippen LogP contribution in [0.3, 0.4) is 0 Å². The van der Waals surface area contributed by atoms with Gasteiger partial charge >= 0.3 is 0 Å². The summed E-state index contributed by atoms with van der Waals surface area (Å²) in [6, 6.07) is 23.8. The fraction of sp³-hybridized carbons (Fsp3) is 0.111. The Morgan fingerprint density at radius 1 is 0.318 bits per heavy atom. The molecule has 0 unspecified atom stereocenters. The van der Waals surface area contributed by atoms with Crippen molar-refractivity contribution in [2.75, 3.05) is 0 Å². The molecule has 16 aliphatic rings. The standard InChI is InChI=1S/C36H28F4N4/c37-33-31-23-43-17-9-29(10-18-43)27-5-13-41(14-6-27)21-25-1-2-26(4-3-25)22-42-15-7-28(8-16-42)30-11-19-44(20-12-30)24-32(35(33)39)36(40)34(31)38/h1-20H,21-24H2/q+4. The summed E-state index contributed by atoms with van der Waals surface area (Å²) in [6.07, 6.45) is 14.5. The van der Waals surface area contributed by atoms with E-state index in [1.165, 1.54) is 20.3 Å². The lowest BCUT2D eigenvalue weighted by molar-refractivity contribution is -0.689. The summed E-state index contributed by atoms with van der Waals surface area (Å²) in [7, 11) is 0. The highest BCUT2D eigenvalue weighted by molar-refractivity contribution is 5.61. The SMILES string of the molecule is Fc1c(F)c2c(F)c(F)c1C[n+]1ccc(cc1)-c1cc[n+](cc1)Cc1ccc(cc1)C[n+]1ccc(cc1)-c1cc[n+](cc1)C2. The van der Waals surface area contributed by atoms with Crippen molar-refractivity contribution in [2.45, 2.75) is 26.2 Å². The molecule has 0 N–H and O–H groups in total. The smallest absolute Gasteiger partial charge is 0.179 e. The second-order valence-electron chi connectivity index (χ2n) is 11.1. The first kappa shape index (κ1) is 27.6. The number of halogens is 4. The van der Waals surface area contributed by atoms with Crippen molar-refractivity contribution in [1.82, 2.24) is 0 Å². The molecule has 4 aromatic heterocycles. The predicted octanol–water partition coefficient (Wildman–Crippen LogP) is 5.23. The summed E-state index contributed by atoms with van der Waals surface area (Å²) >= 11 is 0. The molecule has 0 atom stereocenters. The highest BCUT2D eigenvalue weighted by Crippen LogP contribution is 2.25. The highest BCUT2D eigenvalue weighted by atomic mass is 19.2. The zero-order valence-corrected chi connectivity index (χ0v) is 23.7. The summed E-state index contributed by atoms with van der Waals surface area (Å²) in [5.74, 6) is -5.55. The van der Waals surface area contributed by atoms with Crippen LogP contribution >= 0.6 is 0 Å². The molecule has 216 valence electrons. The van der Waals surface area contributed by atoms with Crippen LogP contribution in [0.4, 0.5) is 17.6 Å². The summed E-state index contributed by atoms with van der Waals surface area (Å²) in [5.41, 5.74) is 4.76. The van der Waals surface area contributed by atoms with E-state index in [9.17, 15) is 0 Å². The lowest BCUT2D eigenvalue weighted by Crippen LogP contribution is -2.36. The van der Waals surface area contributed by atoms with Crippen molar-refractivity contribution in [1.29, 1.82) is 0 Å². The van der Waals surface area contributed by atoms with Crippen molar-refractivity contribution in [2.24, 2.45) is 0 Å². The second-order valence-corrected chi connectivity index (χ2v) is 11.1. The van der Waals surface area contributed by atoms with Crippen LogP contribution in [0, 0.1) is 23.3 Å². The van der Waals surface area contributed by atoms with E-state index in [1.54, 1.807) is 49.1 Å². The molecule has 0 spiro atoms. The molecule has 6 aromatic rings. The van der Waals surface area contributed by atoms with E-state index in [4.69, 9.17) is 0 Å². The van der Waals surface area contributed by atoms with Gasteiger partial charge in [-0.3, -0.25) is 0 Å². The summed E-state index contributed by atoms with van der Waals surface area (Å²) < 4.78 is 67.8. The van der Waals surface area contributed by atoms with E-state index in [-0.39, 0.29) is 13.1 Å². The minimum absolute atomic E-state index is 0.363. The number of hydrogen-bond acceptors (Lipinski definition) is 0. The molecule has 20 heterocycles. The zero-order valence-electron chi connectivity index (χ0n) is 23.7. The molecule has 8 heteroatoms. The minimum Gasteiger partial charge on any atom is -0.203 e. The van der Waals surface area contributed by atoms with Crippen molar-refractivity contribution in [3.63, 3.8) is 0 Å². The number of aromatic nitrogens is 4. The first-order chi connectivity index (χ1) is 21.4. The van der Waals surface area contributed by atoms with Gasteiger partial charge in [-0.15, -0.1) is 0 Å². The molecule has 16 aliphatic heterocycles. The minimum atomic E-state index is -1.39. The molecule has 2 aromatic carbocycles. The van der Waals surface area contributed by atoms with Gasteiger partial charge in [0.05, 0.1) is 11.1 Å². The van der Waals surface area contributed by atoms with Crippen molar-refractivity contribution in [3.8, 4) is 22.3 Å². The van der Waals surface area contributed by atoms with E-state index in [2.05, 4.69) is 33.4 Å². The van der Waals surface area contributed by atoms with E-state index in [0.29, 0.717) is 0 Å². The number of rotatable bonds is 0. The van der Waals surface area contributed by atoms with Crippen LogP contribution < -0.4 is 18.3 Å². The van der Waals surface area contributed by atoms with Crippen LogP contribution in [0.5, 0.6) is 0 Å². The first-order valence-electron chi connectivity index (χ1n) is 14.3. The lowest BCUT2D eigenvalue weighted by atomic mass is 10.1. The van der Waals surface area contributed by atoms with Crippen LogP contribution in [0.15, 0.2) is 122 Å². The van der Waals surface area contributed by atoms with Gasteiger partial charge in [0.2, 0.25) is 0 Å². The molecule has 44 heavy (non-hydrogen) atoms. The average molecular weight is 593 g/mol. The predicted molar refractivity (Wildman–Crippen MR) is 154 cm³/mol. The maximum Gasteiger partial charge on any atom is 0.179 e. The third-order valence-corrected chi connectivity index (χ3v) is 8.11.